The highest BCUT2D eigenvalue weighted by atomic mass is 35.5. The van der Waals surface area contributed by atoms with Crippen LogP contribution in [0.1, 0.15) is 55.2 Å². The molecular formula is C41H39ClF4N6O8S2. The molecule has 62 heavy (non-hydrogen) atoms. The number of halogens is 5. The van der Waals surface area contributed by atoms with Crippen molar-refractivity contribution in [3.63, 3.8) is 0 Å². The highest BCUT2D eigenvalue weighted by Gasteiger charge is 2.55. The number of anilines is 1. The summed E-state index contributed by atoms with van der Waals surface area (Å²) in [7, 11) is -6.59. The number of sulfonamides is 1. The lowest BCUT2D eigenvalue weighted by atomic mass is 10.00. The van der Waals surface area contributed by atoms with E-state index < -0.39 is 89.7 Å². The summed E-state index contributed by atoms with van der Waals surface area (Å²) < 4.78 is 118. The minimum absolute atomic E-state index is 0.0709. The molecule has 14 nitrogen and oxygen atoms in total. The van der Waals surface area contributed by atoms with Gasteiger partial charge in [0, 0.05) is 18.7 Å². The Morgan fingerprint density at radius 3 is 2.23 bits per heavy atom. The number of fused-ring (bicyclic) bond motifs is 2. The topological polar surface area (TPSA) is 192 Å². The van der Waals surface area contributed by atoms with Gasteiger partial charge in [0.25, 0.3) is 12.0 Å². The van der Waals surface area contributed by atoms with Crippen molar-refractivity contribution >= 4 is 65.2 Å². The molecule has 0 saturated heterocycles. The Labute approximate surface area is 357 Å². The van der Waals surface area contributed by atoms with Gasteiger partial charge in [0.15, 0.2) is 15.7 Å². The number of carbonyl (C=O) groups is 1. The minimum atomic E-state index is -4.32. The monoisotopic (exact) mass is 918 g/mol. The summed E-state index contributed by atoms with van der Waals surface area (Å²) in [6, 6.07) is 14.2. The standard InChI is InChI=1S/C41H39ClF4N6O8S2/c1-40(2,61(4,56)57)24-7-10-28-30(18-24)47-37(31(48-39(54)55)17-23-15-25(43)19-26(44)16-23)52(38(28)53)32-12-11-29(42)34-35(32)51(21-33(45)46)49-36(34)50-62(58,59)41(13-14-41)20-22-5-8-27(60-3)9-6-22/h5-12,15-16,18-19,31,33,48H,13-14,17,20-21H2,1-4H3,(H,49,50)(H,54,55)/t31-/m0/s1. The number of amides is 1. The summed E-state index contributed by atoms with van der Waals surface area (Å²) in [5, 5.41) is 16.0. The molecule has 1 aliphatic carbocycles. The van der Waals surface area contributed by atoms with Crippen LogP contribution >= 0.6 is 11.6 Å². The maximum atomic E-state index is 14.9. The zero-order valence-electron chi connectivity index (χ0n) is 33.4. The normalized spacial score (nSPS) is 14.6. The SMILES string of the molecule is COc1ccc(CC2(S(=O)(=O)Nc3nn(CC(F)F)c4c(-n5c([C@H](Cc6cc(F)cc(F)c6)NC(=O)O)nc6cc(C(C)(C)S(C)(=O)=O)ccc6c5=O)ccc(Cl)c34)CC2)cc1. The average molecular weight is 919 g/mol. The Morgan fingerprint density at radius 2 is 1.65 bits per heavy atom. The van der Waals surface area contributed by atoms with Crippen LogP contribution in [-0.4, -0.2) is 71.9 Å². The zero-order chi connectivity index (χ0) is 45.1. The summed E-state index contributed by atoms with van der Waals surface area (Å²) in [4.78, 5) is 31.9. The third-order valence-corrected chi connectivity index (χ3v) is 15.7. The first-order valence-electron chi connectivity index (χ1n) is 18.9. The van der Waals surface area contributed by atoms with Gasteiger partial charge in [-0.15, -0.1) is 0 Å². The summed E-state index contributed by atoms with van der Waals surface area (Å²) in [5.74, 6) is -2.27. The van der Waals surface area contributed by atoms with E-state index in [4.69, 9.17) is 16.3 Å². The van der Waals surface area contributed by atoms with Gasteiger partial charge in [-0.2, -0.15) is 5.10 Å². The van der Waals surface area contributed by atoms with Crippen molar-refractivity contribution < 1.29 is 49.0 Å². The van der Waals surface area contributed by atoms with Crippen LogP contribution in [0, 0.1) is 11.6 Å². The molecule has 1 amide bonds. The molecule has 328 valence electrons. The van der Waals surface area contributed by atoms with Crippen molar-refractivity contribution in [3.8, 4) is 11.4 Å². The Morgan fingerprint density at radius 1 is 0.984 bits per heavy atom. The van der Waals surface area contributed by atoms with Crippen LogP contribution in [-0.2, 0) is 44.0 Å². The van der Waals surface area contributed by atoms with Crippen molar-refractivity contribution in [2.75, 3.05) is 18.1 Å². The van der Waals surface area contributed by atoms with E-state index in [0.717, 1.165) is 27.6 Å². The molecule has 0 unspecified atom stereocenters. The molecule has 2 heterocycles. The van der Waals surface area contributed by atoms with E-state index in [2.05, 4.69) is 20.1 Å². The van der Waals surface area contributed by atoms with E-state index in [-0.39, 0.29) is 62.9 Å². The number of ether oxygens (including phenoxy) is 1. The second kappa shape index (κ2) is 16.2. The Balaban J connectivity index is 1.47. The van der Waals surface area contributed by atoms with Crippen LogP contribution in [0.3, 0.4) is 0 Å². The van der Waals surface area contributed by atoms with Gasteiger partial charge in [0.2, 0.25) is 10.0 Å². The van der Waals surface area contributed by atoms with Gasteiger partial charge in [0.1, 0.15) is 29.8 Å². The average Bonchev–Trinajstić information content (AvgIpc) is 3.89. The molecule has 0 bridgehead atoms. The summed E-state index contributed by atoms with van der Waals surface area (Å²) in [6.07, 6.45) is -3.59. The Hall–Kier alpha value is -5.73. The number of benzene rings is 4. The first-order chi connectivity index (χ1) is 29.0. The number of sulfone groups is 1. The Bertz CT molecular complexity index is 3030. The predicted molar refractivity (Wildman–Crippen MR) is 225 cm³/mol. The third kappa shape index (κ3) is 8.42. The lowest BCUT2D eigenvalue weighted by Gasteiger charge is -2.25. The van der Waals surface area contributed by atoms with Gasteiger partial charge in [-0.05, 0) is 98.3 Å². The van der Waals surface area contributed by atoms with Gasteiger partial charge in [-0.25, -0.2) is 44.2 Å². The van der Waals surface area contributed by atoms with E-state index in [0.29, 0.717) is 17.4 Å². The number of hydrogen-bond acceptors (Lipinski definition) is 9. The molecule has 3 N–H and O–H groups in total. The fourth-order valence-electron chi connectivity index (χ4n) is 7.39. The van der Waals surface area contributed by atoms with Gasteiger partial charge in [0.05, 0.1) is 55.2 Å². The van der Waals surface area contributed by atoms with Crippen LogP contribution in [0.5, 0.6) is 5.75 Å². The second-order valence-corrected chi connectivity index (χ2v) is 20.7. The van der Waals surface area contributed by atoms with E-state index in [1.54, 1.807) is 24.3 Å². The summed E-state index contributed by atoms with van der Waals surface area (Å²) in [6.45, 7) is 1.74. The molecule has 1 aliphatic rings. The van der Waals surface area contributed by atoms with Crippen molar-refractivity contribution in [1.82, 2.24) is 24.6 Å². The molecule has 0 spiro atoms. The molecule has 7 rings (SSSR count). The molecule has 2 aromatic heterocycles. The van der Waals surface area contributed by atoms with Gasteiger partial charge in [-0.3, -0.25) is 18.8 Å². The molecule has 0 aliphatic heterocycles. The second-order valence-electron chi connectivity index (χ2n) is 15.6. The molecule has 1 atom stereocenters. The number of methoxy groups -OCH3 is 1. The Kier molecular flexibility index (Phi) is 11.6. The quantitative estimate of drug-likeness (QED) is 0.0882. The molecule has 4 aromatic carbocycles. The largest absolute Gasteiger partial charge is 0.497 e. The van der Waals surface area contributed by atoms with Crippen LogP contribution in [0.15, 0.2) is 77.6 Å². The highest BCUT2D eigenvalue weighted by Crippen LogP contribution is 2.48. The smallest absolute Gasteiger partial charge is 0.405 e. The number of alkyl halides is 2. The summed E-state index contributed by atoms with van der Waals surface area (Å²) >= 11 is 6.73. The highest BCUT2D eigenvalue weighted by molar-refractivity contribution is 7.94. The van der Waals surface area contributed by atoms with Gasteiger partial charge >= 0.3 is 6.09 Å². The number of nitrogens with one attached hydrogen (secondary N) is 2. The number of carboxylic acid groups (broad SMARTS) is 1. The molecule has 1 fully saturated rings. The first kappa shape index (κ1) is 44.3. The van der Waals surface area contributed by atoms with Gasteiger partial charge < -0.3 is 15.2 Å². The number of aromatic nitrogens is 4. The third-order valence-electron chi connectivity index (χ3n) is 11.2. The lowest BCUT2D eigenvalue weighted by molar-refractivity contribution is 0.123. The van der Waals surface area contributed by atoms with E-state index in [9.17, 15) is 49.1 Å². The molecule has 0 radical (unpaired) electrons. The number of nitrogens with zero attached hydrogens (tertiary/aromatic N) is 4. The number of rotatable bonds is 15. The first-order valence-corrected chi connectivity index (χ1v) is 22.6. The zero-order valence-corrected chi connectivity index (χ0v) is 35.8. The lowest BCUT2D eigenvalue weighted by Crippen LogP contribution is -2.35. The maximum Gasteiger partial charge on any atom is 0.405 e. The fourth-order valence-corrected chi connectivity index (χ4v) is 9.79. The molecule has 1 saturated carbocycles. The minimum Gasteiger partial charge on any atom is -0.497 e. The van der Waals surface area contributed by atoms with E-state index in [1.165, 1.54) is 51.3 Å². The van der Waals surface area contributed by atoms with Crippen molar-refractivity contribution in [1.29, 1.82) is 0 Å². The van der Waals surface area contributed by atoms with Crippen LogP contribution in [0.4, 0.5) is 28.2 Å². The van der Waals surface area contributed by atoms with Crippen molar-refractivity contribution in [3.05, 3.63) is 122 Å². The van der Waals surface area contributed by atoms with Crippen LogP contribution in [0.25, 0.3) is 27.5 Å². The van der Waals surface area contributed by atoms with Crippen LogP contribution < -0.4 is 20.3 Å². The predicted octanol–water partition coefficient (Wildman–Crippen LogP) is 7.29. The van der Waals surface area contributed by atoms with Crippen LogP contribution in [0.2, 0.25) is 5.02 Å². The van der Waals surface area contributed by atoms with Gasteiger partial charge in [-0.1, -0.05) is 29.8 Å². The van der Waals surface area contributed by atoms with Crippen molar-refractivity contribution in [2.45, 2.75) is 68.0 Å². The molecular weight excluding hydrogens is 880 g/mol. The summed E-state index contributed by atoms with van der Waals surface area (Å²) in [5.41, 5.74) is -0.721. The van der Waals surface area contributed by atoms with Crippen molar-refractivity contribution in [2.24, 2.45) is 0 Å². The van der Waals surface area contributed by atoms with E-state index >= 15 is 0 Å². The van der Waals surface area contributed by atoms with E-state index in [1.807, 2.05) is 0 Å². The number of hydrogen-bond donors (Lipinski definition) is 3. The molecule has 6 aromatic rings. The maximum absolute atomic E-state index is 14.9. The molecule has 21 heteroatoms. The fraction of sp³-hybridized carbons (Fsp3) is 0.317.